The molecule has 4 rings (SSSR count). The summed E-state index contributed by atoms with van der Waals surface area (Å²) in [7, 11) is 3.23. The van der Waals surface area contributed by atoms with Crippen molar-refractivity contribution in [2.24, 2.45) is 0 Å². The van der Waals surface area contributed by atoms with Crippen LogP contribution in [0.2, 0.25) is 0 Å². The van der Waals surface area contributed by atoms with Gasteiger partial charge in [0, 0.05) is 45.4 Å². The van der Waals surface area contributed by atoms with Crippen molar-refractivity contribution in [2.75, 3.05) is 65.0 Å². The van der Waals surface area contributed by atoms with Crippen molar-refractivity contribution < 1.29 is 19.1 Å². The van der Waals surface area contributed by atoms with E-state index >= 15 is 0 Å². The Balaban J connectivity index is 1.36. The van der Waals surface area contributed by atoms with Gasteiger partial charge in [-0.3, -0.25) is 9.59 Å². The van der Waals surface area contributed by atoms with Crippen LogP contribution in [0.1, 0.15) is 16.1 Å². The minimum absolute atomic E-state index is 0.0368. The maximum atomic E-state index is 13.1. The normalized spacial score (nSPS) is 13.8. The zero-order valence-corrected chi connectivity index (χ0v) is 21.4. The number of thiophene rings is 1. The molecule has 0 saturated carbocycles. The molecule has 0 radical (unpaired) electrons. The van der Waals surface area contributed by atoms with Gasteiger partial charge in [0.1, 0.15) is 12.3 Å². The fourth-order valence-electron chi connectivity index (χ4n) is 4.10. The number of aromatic nitrogens is 2. The molecule has 1 aromatic carbocycles. The molecule has 9 nitrogen and oxygen atoms in total. The molecule has 0 unspecified atom stereocenters. The minimum atomic E-state index is -0.141. The Morgan fingerprint density at radius 1 is 1.03 bits per heavy atom. The van der Waals surface area contributed by atoms with Gasteiger partial charge in [0.2, 0.25) is 5.91 Å². The summed E-state index contributed by atoms with van der Waals surface area (Å²) in [6, 6.07) is 15.3. The van der Waals surface area contributed by atoms with Crippen molar-refractivity contribution in [3.63, 3.8) is 0 Å². The zero-order valence-electron chi connectivity index (χ0n) is 20.6. The smallest absolute Gasteiger partial charge is 0.264 e. The lowest BCUT2D eigenvalue weighted by Gasteiger charge is -2.26. The van der Waals surface area contributed by atoms with Crippen molar-refractivity contribution in [1.82, 2.24) is 20.0 Å². The molecule has 2 amide bonds. The standard InChI is InChI=1S/C26H31N5O4S/c1-34-16-15-31(26(33)23-8-4-17-36-23)19-25(32)30-12-5-11-29(13-14-30)24-10-9-22(27-28-24)20-6-3-7-21(18-20)35-2/h3-4,6-10,17-18H,5,11-16,19H2,1-2H3. The van der Waals surface area contributed by atoms with Gasteiger partial charge in [0.25, 0.3) is 5.91 Å². The largest absolute Gasteiger partial charge is 0.497 e. The van der Waals surface area contributed by atoms with Crippen LogP contribution in [0.3, 0.4) is 0 Å². The Hall–Kier alpha value is -3.50. The van der Waals surface area contributed by atoms with Gasteiger partial charge in [-0.1, -0.05) is 18.2 Å². The Labute approximate surface area is 215 Å². The van der Waals surface area contributed by atoms with Gasteiger partial charge in [-0.2, -0.15) is 0 Å². The van der Waals surface area contributed by atoms with E-state index in [4.69, 9.17) is 9.47 Å². The first kappa shape index (κ1) is 25.6. The predicted molar refractivity (Wildman–Crippen MR) is 140 cm³/mol. The highest BCUT2D eigenvalue weighted by molar-refractivity contribution is 7.12. The summed E-state index contributed by atoms with van der Waals surface area (Å²) in [5.41, 5.74) is 1.71. The number of rotatable bonds is 9. The third-order valence-electron chi connectivity index (χ3n) is 6.10. The fourth-order valence-corrected chi connectivity index (χ4v) is 4.79. The molecule has 190 valence electrons. The Morgan fingerprint density at radius 2 is 1.92 bits per heavy atom. The molecule has 1 aliphatic rings. The number of carbonyl (C=O) groups is 2. The molecular weight excluding hydrogens is 478 g/mol. The third-order valence-corrected chi connectivity index (χ3v) is 6.96. The number of hydrogen-bond donors (Lipinski definition) is 0. The number of methoxy groups -OCH3 is 2. The van der Waals surface area contributed by atoms with Crippen molar-refractivity contribution in [3.8, 4) is 17.0 Å². The molecule has 0 spiro atoms. The average molecular weight is 510 g/mol. The van der Waals surface area contributed by atoms with Gasteiger partial charge in [0.05, 0.1) is 24.3 Å². The number of carbonyl (C=O) groups excluding carboxylic acids is 2. The second kappa shape index (κ2) is 12.5. The molecular formula is C26H31N5O4S. The van der Waals surface area contributed by atoms with Crippen LogP contribution in [0.25, 0.3) is 11.3 Å². The van der Waals surface area contributed by atoms with Crippen LogP contribution in [-0.4, -0.2) is 91.9 Å². The number of nitrogens with zero attached hydrogens (tertiary/aromatic N) is 5. The first-order valence-corrected chi connectivity index (χ1v) is 12.8. The molecule has 0 aliphatic carbocycles. The number of benzene rings is 1. The zero-order chi connectivity index (χ0) is 25.3. The lowest BCUT2D eigenvalue weighted by atomic mass is 10.1. The van der Waals surface area contributed by atoms with E-state index in [0.29, 0.717) is 37.7 Å². The topological polar surface area (TPSA) is 88.1 Å². The highest BCUT2D eigenvalue weighted by Crippen LogP contribution is 2.23. The predicted octanol–water partition coefficient (Wildman–Crippen LogP) is 3.04. The van der Waals surface area contributed by atoms with Crippen molar-refractivity contribution in [2.45, 2.75) is 6.42 Å². The van der Waals surface area contributed by atoms with Crippen LogP contribution < -0.4 is 9.64 Å². The van der Waals surface area contributed by atoms with Crippen molar-refractivity contribution in [1.29, 1.82) is 0 Å². The van der Waals surface area contributed by atoms with Gasteiger partial charge < -0.3 is 24.2 Å². The van der Waals surface area contributed by atoms with E-state index in [1.54, 1.807) is 25.2 Å². The van der Waals surface area contributed by atoms with Crippen LogP contribution >= 0.6 is 11.3 Å². The summed E-state index contributed by atoms with van der Waals surface area (Å²) in [6.07, 6.45) is 0.808. The Morgan fingerprint density at radius 3 is 2.64 bits per heavy atom. The van der Waals surface area contributed by atoms with E-state index in [1.165, 1.54) is 11.3 Å². The van der Waals surface area contributed by atoms with Crippen LogP contribution in [0.4, 0.5) is 5.82 Å². The van der Waals surface area contributed by atoms with E-state index in [0.717, 1.165) is 35.8 Å². The number of anilines is 1. The minimum Gasteiger partial charge on any atom is -0.497 e. The van der Waals surface area contributed by atoms with Gasteiger partial charge >= 0.3 is 0 Å². The average Bonchev–Trinajstić information content (AvgIpc) is 3.35. The number of amides is 2. The van der Waals surface area contributed by atoms with Gasteiger partial charge in [-0.15, -0.1) is 21.5 Å². The van der Waals surface area contributed by atoms with Crippen molar-refractivity contribution >= 4 is 29.0 Å². The molecule has 10 heteroatoms. The third kappa shape index (κ3) is 6.38. The molecule has 1 fully saturated rings. The summed E-state index contributed by atoms with van der Waals surface area (Å²) in [5.74, 6) is 1.36. The van der Waals surface area contributed by atoms with E-state index in [-0.39, 0.29) is 18.4 Å². The molecule has 0 atom stereocenters. The highest BCUT2D eigenvalue weighted by Gasteiger charge is 2.25. The molecule has 1 saturated heterocycles. The maximum Gasteiger partial charge on any atom is 0.264 e. The first-order valence-electron chi connectivity index (χ1n) is 11.9. The van der Waals surface area contributed by atoms with E-state index in [9.17, 15) is 9.59 Å². The number of ether oxygens (including phenoxy) is 2. The summed E-state index contributed by atoms with van der Waals surface area (Å²) in [5, 5.41) is 10.7. The van der Waals surface area contributed by atoms with Crippen LogP contribution in [0.5, 0.6) is 5.75 Å². The lowest BCUT2D eigenvalue weighted by Crippen LogP contribution is -2.45. The quantitative estimate of drug-likeness (QED) is 0.438. The van der Waals surface area contributed by atoms with Crippen molar-refractivity contribution in [3.05, 3.63) is 58.8 Å². The second-order valence-corrected chi connectivity index (χ2v) is 9.37. The van der Waals surface area contributed by atoms with Gasteiger partial charge in [0.15, 0.2) is 5.82 Å². The van der Waals surface area contributed by atoms with Gasteiger partial charge in [-0.25, -0.2) is 0 Å². The molecule has 36 heavy (non-hydrogen) atoms. The molecule has 2 aromatic heterocycles. The highest BCUT2D eigenvalue weighted by atomic mass is 32.1. The summed E-state index contributed by atoms with van der Waals surface area (Å²) in [4.78, 5) is 32.2. The molecule has 0 bridgehead atoms. The van der Waals surface area contributed by atoms with Crippen LogP contribution in [0, 0.1) is 0 Å². The molecule has 3 heterocycles. The van der Waals surface area contributed by atoms with Crippen LogP contribution in [0.15, 0.2) is 53.9 Å². The van der Waals surface area contributed by atoms with Crippen LogP contribution in [-0.2, 0) is 9.53 Å². The monoisotopic (exact) mass is 509 g/mol. The molecule has 1 aliphatic heterocycles. The number of hydrogen-bond acceptors (Lipinski definition) is 8. The molecule has 3 aromatic rings. The van der Waals surface area contributed by atoms with E-state index < -0.39 is 0 Å². The van der Waals surface area contributed by atoms with E-state index in [2.05, 4.69) is 15.1 Å². The second-order valence-electron chi connectivity index (χ2n) is 8.43. The van der Waals surface area contributed by atoms with E-state index in [1.807, 2.05) is 52.7 Å². The Bertz CT molecular complexity index is 1140. The van der Waals surface area contributed by atoms with Gasteiger partial charge in [-0.05, 0) is 42.1 Å². The fraction of sp³-hybridized carbons (Fsp3) is 0.385. The summed E-state index contributed by atoms with van der Waals surface area (Å²) >= 11 is 1.38. The lowest BCUT2D eigenvalue weighted by molar-refractivity contribution is -0.131. The SMILES string of the molecule is COCCN(CC(=O)N1CCCN(c2ccc(-c3cccc(OC)c3)nn2)CC1)C(=O)c1cccs1. The maximum absolute atomic E-state index is 13.1. The first-order chi connectivity index (χ1) is 17.6. The Kier molecular flexibility index (Phi) is 8.85. The molecule has 0 N–H and O–H groups in total. The summed E-state index contributed by atoms with van der Waals surface area (Å²) < 4.78 is 10.5. The summed E-state index contributed by atoms with van der Waals surface area (Å²) in [6.45, 7) is 3.40.